The van der Waals surface area contributed by atoms with Crippen LogP contribution in [0.1, 0.15) is 37.3 Å². The highest BCUT2D eigenvalue weighted by molar-refractivity contribution is 5.83. The van der Waals surface area contributed by atoms with Crippen molar-refractivity contribution < 1.29 is 14.7 Å². The number of carbonyl (C=O) groups excluding carboxylic acids is 1. The number of hydrogen-bond acceptors (Lipinski definition) is 2. The third kappa shape index (κ3) is 3.29. The first kappa shape index (κ1) is 14.4. The minimum absolute atomic E-state index is 0.222. The number of hydrogen-bond donors (Lipinski definition) is 2. The van der Waals surface area contributed by atoms with E-state index in [9.17, 15) is 14.7 Å². The van der Waals surface area contributed by atoms with E-state index >= 15 is 0 Å². The van der Waals surface area contributed by atoms with Crippen molar-refractivity contribution >= 4 is 12.0 Å². The van der Waals surface area contributed by atoms with E-state index in [2.05, 4.69) is 5.32 Å². The van der Waals surface area contributed by atoms with Gasteiger partial charge in [0.25, 0.3) is 0 Å². The molecule has 2 N–H and O–H groups in total. The van der Waals surface area contributed by atoms with Crippen molar-refractivity contribution in [1.82, 2.24) is 10.2 Å². The Kier molecular flexibility index (Phi) is 4.61. The van der Waals surface area contributed by atoms with Gasteiger partial charge in [-0.3, -0.25) is 0 Å². The van der Waals surface area contributed by atoms with E-state index in [0.717, 1.165) is 25.7 Å². The van der Waals surface area contributed by atoms with Crippen LogP contribution in [-0.2, 0) is 4.79 Å². The van der Waals surface area contributed by atoms with Gasteiger partial charge in [-0.2, -0.15) is 0 Å². The highest BCUT2D eigenvalue weighted by Gasteiger charge is 2.27. The lowest BCUT2D eigenvalue weighted by Crippen LogP contribution is -2.45. The first-order chi connectivity index (χ1) is 9.59. The average Bonchev–Trinajstić information content (AvgIpc) is 2.98. The molecule has 108 valence electrons. The predicted octanol–water partition coefficient (Wildman–Crippen LogP) is 2.40. The number of nitrogens with one attached hydrogen (secondary N) is 1. The number of carboxylic acid groups (broad SMARTS) is 1. The highest BCUT2D eigenvalue weighted by atomic mass is 16.4. The van der Waals surface area contributed by atoms with Gasteiger partial charge in [0.1, 0.15) is 0 Å². The molecule has 0 radical (unpaired) electrons. The van der Waals surface area contributed by atoms with E-state index in [4.69, 9.17) is 0 Å². The minimum Gasteiger partial charge on any atom is -0.479 e. The van der Waals surface area contributed by atoms with Gasteiger partial charge in [0.15, 0.2) is 6.04 Å². The topological polar surface area (TPSA) is 69.6 Å². The molecule has 5 heteroatoms. The molecule has 2 amide bonds. The zero-order valence-electron chi connectivity index (χ0n) is 11.6. The Morgan fingerprint density at radius 2 is 1.85 bits per heavy atom. The van der Waals surface area contributed by atoms with Crippen molar-refractivity contribution in [3.63, 3.8) is 0 Å². The smallest absolute Gasteiger partial charge is 0.330 e. The van der Waals surface area contributed by atoms with Crippen LogP contribution in [0.15, 0.2) is 30.3 Å². The summed E-state index contributed by atoms with van der Waals surface area (Å²) in [6.07, 6.45) is 4.24. The summed E-state index contributed by atoms with van der Waals surface area (Å²) in [4.78, 5) is 25.1. The highest BCUT2D eigenvalue weighted by Crippen LogP contribution is 2.23. The lowest BCUT2D eigenvalue weighted by Gasteiger charge is -2.26. The number of rotatable bonds is 4. The number of amides is 2. The second-order valence-electron chi connectivity index (χ2n) is 5.18. The van der Waals surface area contributed by atoms with Crippen molar-refractivity contribution in [2.45, 2.75) is 37.8 Å². The quantitative estimate of drug-likeness (QED) is 0.887. The Hall–Kier alpha value is -2.04. The first-order valence-electron chi connectivity index (χ1n) is 6.90. The van der Waals surface area contributed by atoms with E-state index in [-0.39, 0.29) is 12.1 Å². The zero-order valence-corrected chi connectivity index (χ0v) is 11.6. The molecule has 1 aliphatic rings. The van der Waals surface area contributed by atoms with E-state index < -0.39 is 12.0 Å². The summed E-state index contributed by atoms with van der Waals surface area (Å²) in [6, 6.07) is 7.63. The third-order valence-corrected chi connectivity index (χ3v) is 3.84. The standard InChI is InChI=1S/C15H20N2O3/c1-17(12-9-5-6-10-12)15(20)16-13(14(18)19)11-7-3-2-4-8-11/h2-4,7-8,12-13H,5-6,9-10H2,1H3,(H,16,20)(H,18,19). The van der Waals surface area contributed by atoms with Crippen LogP contribution in [0.25, 0.3) is 0 Å². The van der Waals surface area contributed by atoms with Gasteiger partial charge in [0.05, 0.1) is 0 Å². The van der Waals surface area contributed by atoms with Crippen molar-refractivity contribution in [2.75, 3.05) is 7.05 Å². The summed E-state index contributed by atoms with van der Waals surface area (Å²) >= 11 is 0. The Morgan fingerprint density at radius 3 is 2.40 bits per heavy atom. The van der Waals surface area contributed by atoms with Crippen molar-refractivity contribution in [1.29, 1.82) is 0 Å². The second-order valence-corrected chi connectivity index (χ2v) is 5.18. The molecule has 1 unspecified atom stereocenters. The summed E-state index contributed by atoms with van der Waals surface area (Å²) in [7, 11) is 1.73. The Balaban J connectivity index is 2.04. The van der Waals surface area contributed by atoms with Gasteiger partial charge in [-0.25, -0.2) is 9.59 Å². The van der Waals surface area contributed by atoms with Crippen LogP contribution in [0.2, 0.25) is 0 Å². The summed E-state index contributed by atoms with van der Waals surface area (Å²) in [5.41, 5.74) is 0.577. The van der Waals surface area contributed by atoms with Gasteiger partial charge >= 0.3 is 12.0 Å². The average molecular weight is 276 g/mol. The molecule has 1 aromatic rings. The van der Waals surface area contributed by atoms with Gasteiger partial charge < -0.3 is 15.3 Å². The van der Waals surface area contributed by atoms with Crippen LogP contribution in [0.4, 0.5) is 4.79 Å². The largest absolute Gasteiger partial charge is 0.479 e. The lowest BCUT2D eigenvalue weighted by molar-refractivity contribution is -0.139. The Bertz CT molecular complexity index is 469. The summed E-state index contributed by atoms with van der Waals surface area (Å²) in [5, 5.41) is 11.9. The lowest BCUT2D eigenvalue weighted by atomic mass is 10.1. The molecule has 0 saturated heterocycles. The van der Waals surface area contributed by atoms with E-state index in [1.165, 1.54) is 0 Å². The maximum absolute atomic E-state index is 12.2. The van der Waals surface area contributed by atoms with Crippen molar-refractivity contribution in [3.8, 4) is 0 Å². The number of carbonyl (C=O) groups is 2. The fourth-order valence-corrected chi connectivity index (χ4v) is 2.62. The Morgan fingerprint density at radius 1 is 1.25 bits per heavy atom. The molecule has 1 saturated carbocycles. The predicted molar refractivity (Wildman–Crippen MR) is 75.4 cm³/mol. The molecule has 0 heterocycles. The molecule has 0 bridgehead atoms. The van der Waals surface area contributed by atoms with Crippen LogP contribution < -0.4 is 5.32 Å². The molecule has 1 fully saturated rings. The molecule has 1 atom stereocenters. The van der Waals surface area contributed by atoms with Gasteiger partial charge in [-0.05, 0) is 18.4 Å². The minimum atomic E-state index is -1.05. The van der Waals surface area contributed by atoms with Gasteiger partial charge in [-0.1, -0.05) is 43.2 Å². The van der Waals surface area contributed by atoms with Crippen LogP contribution in [0.3, 0.4) is 0 Å². The molecule has 1 aromatic carbocycles. The molecule has 0 spiro atoms. The third-order valence-electron chi connectivity index (χ3n) is 3.84. The van der Waals surface area contributed by atoms with E-state index in [1.807, 2.05) is 6.07 Å². The van der Waals surface area contributed by atoms with Gasteiger partial charge in [0, 0.05) is 13.1 Å². The zero-order chi connectivity index (χ0) is 14.5. The number of benzene rings is 1. The fraction of sp³-hybridized carbons (Fsp3) is 0.467. The van der Waals surface area contributed by atoms with Crippen LogP contribution in [-0.4, -0.2) is 35.1 Å². The molecular weight excluding hydrogens is 256 g/mol. The number of carboxylic acids is 1. The van der Waals surface area contributed by atoms with Crippen molar-refractivity contribution in [3.05, 3.63) is 35.9 Å². The summed E-state index contributed by atoms with van der Waals surface area (Å²) in [6.45, 7) is 0. The van der Waals surface area contributed by atoms with Crippen LogP contribution in [0.5, 0.6) is 0 Å². The SMILES string of the molecule is CN(C(=O)NC(C(=O)O)c1ccccc1)C1CCCC1. The maximum atomic E-state index is 12.2. The van der Waals surface area contributed by atoms with Gasteiger partial charge in [0.2, 0.25) is 0 Å². The number of aliphatic carboxylic acids is 1. The molecular formula is C15H20N2O3. The summed E-state index contributed by atoms with van der Waals surface area (Å²) < 4.78 is 0. The fourth-order valence-electron chi connectivity index (χ4n) is 2.62. The molecule has 1 aliphatic carbocycles. The van der Waals surface area contributed by atoms with Crippen LogP contribution in [0, 0.1) is 0 Å². The molecule has 2 rings (SSSR count). The van der Waals surface area contributed by atoms with E-state index in [1.54, 1.807) is 36.2 Å². The van der Waals surface area contributed by atoms with Crippen molar-refractivity contribution in [2.24, 2.45) is 0 Å². The van der Waals surface area contributed by atoms with Crippen LogP contribution >= 0.6 is 0 Å². The summed E-state index contributed by atoms with van der Waals surface area (Å²) in [5.74, 6) is -1.05. The molecule has 20 heavy (non-hydrogen) atoms. The van der Waals surface area contributed by atoms with E-state index in [0.29, 0.717) is 5.56 Å². The normalized spacial score (nSPS) is 16.6. The molecule has 0 aliphatic heterocycles. The molecule has 0 aromatic heterocycles. The van der Waals surface area contributed by atoms with Gasteiger partial charge in [-0.15, -0.1) is 0 Å². The maximum Gasteiger partial charge on any atom is 0.330 e. The second kappa shape index (κ2) is 6.41. The monoisotopic (exact) mass is 276 g/mol. The molecule has 5 nitrogen and oxygen atoms in total. The Labute approximate surface area is 118 Å². The first-order valence-corrected chi connectivity index (χ1v) is 6.90. The number of nitrogens with zero attached hydrogens (tertiary/aromatic N) is 1. The number of urea groups is 1.